The number of amides is 1. The zero-order chi connectivity index (χ0) is 20.3. The van der Waals surface area contributed by atoms with Crippen LogP contribution < -0.4 is 5.32 Å². The summed E-state index contributed by atoms with van der Waals surface area (Å²) >= 11 is 0. The van der Waals surface area contributed by atoms with Crippen molar-refractivity contribution in [2.24, 2.45) is 0 Å². The molecule has 1 atom stereocenters. The van der Waals surface area contributed by atoms with Crippen LogP contribution in [-0.4, -0.2) is 23.5 Å². The summed E-state index contributed by atoms with van der Waals surface area (Å²) in [7, 11) is 0. The maximum absolute atomic E-state index is 13.8. The predicted octanol–water partition coefficient (Wildman–Crippen LogP) is 3.86. The van der Waals surface area contributed by atoms with Gasteiger partial charge in [0.05, 0.1) is 17.1 Å². The van der Waals surface area contributed by atoms with E-state index in [2.05, 4.69) is 10.3 Å². The molecule has 3 aromatic rings. The Morgan fingerprint density at radius 2 is 1.89 bits per heavy atom. The van der Waals surface area contributed by atoms with Crippen LogP contribution in [0.2, 0.25) is 0 Å². The number of aryl methyl sites for hydroxylation is 1. The average molecular weight is 384 g/mol. The second-order valence-corrected chi connectivity index (χ2v) is 6.36. The van der Waals surface area contributed by atoms with Gasteiger partial charge in [-0.05, 0) is 32.0 Å². The molecule has 0 saturated heterocycles. The monoisotopic (exact) mass is 384 g/mol. The zero-order valence-corrected chi connectivity index (χ0v) is 15.3. The summed E-state index contributed by atoms with van der Waals surface area (Å²) < 4.78 is 31.9. The molecule has 0 saturated carbocycles. The summed E-state index contributed by atoms with van der Waals surface area (Å²) in [6.45, 7) is 2.78. The molecule has 1 aromatic heterocycles. The molecule has 1 N–H and O–H groups in total. The van der Waals surface area contributed by atoms with E-state index in [1.54, 1.807) is 38.1 Å². The summed E-state index contributed by atoms with van der Waals surface area (Å²) in [5.41, 5.74) is 1.75. The van der Waals surface area contributed by atoms with Gasteiger partial charge in [0.2, 0.25) is 0 Å². The van der Waals surface area contributed by atoms with Crippen molar-refractivity contribution in [3.8, 4) is 0 Å². The van der Waals surface area contributed by atoms with Crippen LogP contribution in [0.1, 0.15) is 34.6 Å². The third-order valence-corrected chi connectivity index (χ3v) is 4.21. The molecule has 1 amide bonds. The normalized spacial score (nSPS) is 11.9. The molecule has 0 aliphatic rings. The van der Waals surface area contributed by atoms with Gasteiger partial charge in [0, 0.05) is 22.7 Å². The molecule has 0 spiro atoms. The summed E-state index contributed by atoms with van der Waals surface area (Å²) in [5, 5.41) is 3.15. The Morgan fingerprint density at radius 1 is 1.14 bits per heavy atom. The predicted molar refractivity (Wildman–Crippen MR) is 99.7 cm³/mol. The van der Waals surface area contributed by atoms with E-state index in [0.717, 1.165) is 12.1 Å². The van der Waals surface area contributed by atoms with Crippen LogP contribution in [0.25, 0.3) is 10.9 Å². The number of ether oxygens (including phenoxy) is 1. The lowest BCUT2D eigenvalue weighted by molar-refractivity contribution is -0.124. The molecule has 5 nitrogen and oxygen atoms in total. The first-order valence-corrected chi connectivity index (χ1v) is 8.63. The fraction of sp³-hybridized carbons (Fsp3) is 0.190. The maximum Gasteiger partial charge on any atom is 0.339 e. The van der Waals surface area contributed by atoms with Gasteiger partial charge in [-0.1, -0.05) is 24.3 Å². The minimum absolute atomic E-state index is 0.136. The number of carbonyl (C=O) groups excluding carboxylic acids is 2. The number of fused-ring (bicyclic) bond motifs is 1. The number of nitrogens with zero attached hydrogens (tertiary/aromatic N) is 1. The van der Waals surface area contributed by atoms with Gasteiger partial charge < -0.3 is 10.1 Å². The zero-order valence-electron chi connectivity index (χ0n) is 15.3. The smallest absolute Gasteiger partial charge is 0.339 e. The summed E-state index contributed by atoms with van der Waals surface area (Å²) in [4.78, 5) is 28.9. The Morgan fingerprint density at radius 3 is 2.64 bits per heavy atom. The second-order valence-electron chi connectivity index (χ2n) is 6.36. The Balaban J connectivity index is 1.65. The highest BCUT2D eigenvalue weighted by atomic mass is 19.1. The molecule has 28 heavy (non-hydrogen) atoms. The molecule has 2 aromatic carbocycles. The Hall–Kier alpha value is -3.35. The van der Waals surface area contributed by atoms with Crippen LogP contribution in [0.3, 0.4) is 0 Å². The van der Waals surface area contributed by atoms with Crippen LogP contribution >= 0.6 is 0 Å². The number of aromatic nitrogens is 1. The van der Waals surface area contributed by atoms with Gasteiger partial charge >= 0.3 is 5.97 Å². The van der Waals surface area contributed by atoms with Gasteiger partial charge in [-0.2, -0.15) is 0 Å². The molecule has 7 heteroatoms. The first-order chi connectivity index (χ1) is 13.3. The van der Waals surface area contributed by atoms with Crippen LogP contribution in [-0.2, 0) is 9.53 Å². The number of carbonyl (C=O) groups is 2. The van der Waals surface area contributed by atoms with E-state index >= 15 is 0 Å². The Kier molecular flexibility index (Phi) is 5.63. The van der Waals surface area contributed by atoms with Crippen molar-refractivity contribution in [2.75, 3.05) is 6.61 Å². The largest absolute Gasteiger partial charge is 0.452 e. The first kappa shape index (κ1) is 19.4. The summed E-state index contributed by atoms with van der Waals surface area (Å²) in [5.74, 6) is -2.71. The maximum atomic E-state index is 13.8. The molecule has 0 aliphatic heterocycles. The van der Waals surface area contributed by atoms with Crippen molar-refractivity contribution in [1.29, 1.82) is 0 Å². The number of esters is 1. The van der Waals surface area contributed by atoms with Crippen LogP contribution in [0.15, 0.2) is 48.5 Å². The SMILES string of the molecule is Cc1cc(C(=O)OCC(=O)N[C@@H](C)c2ccc(F)cc2F)c2ccccc2n1. The lowest BCUT2D eigenvalue weighted by Crippen LogP contribution is -2.31. The highest BCUT2D eigenvalue weighted by Gasteiger charge is 2.17. The van der Waals surface area contributed by atoms with Gasteiger partial charge in [0.1, 0.15) is 11.6 Å². The van der Waals surface area contributed by atoms with E-state index in [1.807, 2.05) is 6.07 Å². The number of para-hydroxylation sites is 1. The van der Waals surface area contributed by atoms with Crippen molar-refractivity contribution >= 4 is 22.8 Å². The molecule has 3 rings (SSSR count). The molecular formula is C21H18F2N2O3. The number of nitrogens with one attached hydrogen (secondary N) is 1. The minimum atomic E-state index is -0.761. The first-order valence-electron chi connectivity index (χ1n) is 8.63. The van der Waals surface area contributed by atoms with Gasteiger partial charge in [-0.3, -0.25) is 9.78 Å². The van der Waals surface area contributed by atoms with Crippen LogP contribution in [0.4, 0.5) is 8.78 Å². The van der Waals surface area contributed by atoms with E-state index in [1.165, 1.54) is 6.07 Å². The van der Waals surface area contributed by atoms with Gasteiger partial charge in [-0.25, -0.2) is 13.6 Å². The quantitative estimate of drug-likeness (QED) is 0.679. The van der Waals surface area contributed by atoms with Crippen molar-refractivity contribution in [1.82, 2.24) is 10.3 Å². The third-order valence-electron chi connectivity index (χ3n) is 4.21. The fourth-order valence-electron chi connectivity index (χ4n) is 2.90. The van der Waals surface area contributed by atoms with Crippen LogP contribution in [0.5, 0.6) is 0 Å². The molecule has 144 valence electrons. The Labute approximate surface area is 160 Å². The number of hydrogen-bond acceptors (Lipinski definition) is 4. The molecule has 0 bridgehead atoms. The van der Waals surface area contributed by atoms with E-state index in [-0.39, 0.29) is 5.56 Å². The van der Waals surface area contributed by atoms with Gasteiger partial charge in [0.15, 0.2) is 6.61 Å². The van der Waals surface area contributed by atoms with Crippen molar-refractivity contribution in [3.05, 3.63) is 77.0 Å². The minimum Gasteiger partial charge on any atom is -0.452 e. The molecular weight excluding hydrogens is 366 g/mol. The molecule has 0 unspecified atom stereocenters. The lowest BCUT2D eigenvalue weighted by atomic mass is 10.1. The highest BCUT2D eigenvalue weighted by Crippen LogP contribution is 2.20. The fourth-order valence-corrected chi connectivity index (χ4v) is 2.90. The van der Waals surface area contributed by atoms with E-state index in [0.29, 0.717) is 22.2 Å². The molecule has 0 aliphatic carbocycles. The van der Waals surface area contributed by atoms with E-state index in [4.69, 9.17) is 4.74 Å². The molecule has 0 fully saturated rings. The van der Waals surface area contributed by atoms with E-state index in [9.17, 15) is 18.4 Å². The standard InChI is InChI=1S/C21H18F2N2O3/c1-12-9-17(16-5-3-4-6-19(16)24-12)21(27)28-11-20(26)25-13(2)15-8-7-14(22)10-18(15)23/h3-10,13H,11H2,1-2H3,(H,25,26)/t13-/m0/s1. The summed E-state index contributed by atoms with van der Waals surface area (Å²) in [6, 6.07) is 11.1. The van der Waals surface area contributed by atoms with Gasteiger partial charge in [-0.15, -0.1) is 0 Å². The van der Waals surface area contributed by atoms with Crippen molar-refractivity contribution < 1.29 is 23.1 Å². The number of benzene rings is 2. The number of rotatable bonds is 5. The Bertz CT molecular complexity index is 1050. The topological polar surface area (TPSA) is 68.3 Å². The van der Waals surface area contributed by atoms with Crippen LogP contribution in [0, 0.1) is 18.6 Å². The highest BCUT2D eigenvalue weighted by molar-refractivity contribution is 6.04. The van der Waals surface area contributed by atoms with Crippen molar-refractivity contribution in [3.63, 3.8) is 0 Å². The molecule has 1 heterocycles. The number of halogens is 2. The molecule has 0 radical (unpaired) electrons. The van der Waals surface area contributed by atoms with E-state index < -0.39 is 36.2 Å². The average Bonchev–Trinajstić information content (AvgIpc) is 2.65. The number of pyridine rings is 1. The third kappa shape index (κ3) is 4.31. The van der Waals surface area contributed by atoms with Crippen molar-refractivity contribution in [2.45, 2.75) is 19.9 Å². The van der Waals surface area contributed by atoms with Gasteiger partial charge in [0.25, 0.3) is 5.91 Å². The number of hydrogen-bond donors (Lipinski definition) is 1. The second kappa shape index (κ2) is 8.12. The lowest BCUT2D eigenvalue weighted by Gasteiger charge is -2.15. The summed E-state index contributed by atoms with van der Waals surface area (Å²) in [6.07, 6.45) is 0.